The van der Waals surface area contributed by atoms with Gasteiger partial charge in [-0.3, -0.25) is 4.79 Å². The highest BCUT2D eigenvalue weighted by atomic mass is 16.1. The van der Waals surface area contributed by atoms with E-state index in [1.54, 1.807) is 6.07 Å². The first-order chi connectivity index (χ1) is 9.04. The van der Waals surface area contributed by atoms with Crippen LogP contribution in [-0.4, -0.2) is 24.4 Å². The number of guanidine groups is 2. The summed E-state index contributed by atoms with van der Waals surface area (Å²) in [5.41, 5.74) is 17.7. The molecule has 0 radical (unpaired) electrons. The number of nitrogens with one attached hydrogen (secondary N) is 1. The van der Waals surface area contributed by atoms with Gasteiger partial charge in [-0.2, -0.15) is 4.99 Å². The predicted molar refractivity (Wildman–Crippen MR) is 73.9 cm³/mol. The average Bonchev–Trinajstić information content (AvgIpc) is 2.75. The summed E-state index contributed by atoms with van der Waals surface area (Å²) in [4.78, 5) is 18.9. The van der Waals surface area contributed by atoms with Crippen molar-refractivity contribution in [2.75, 3.05) is 6.54 Å². The second kappa shape index (κ2) is 5.38. The van der Waals surface area contributed by atoms with Gasteiger partial charge < -0.3 is 22.5 Å². The van der Waals surface area contributed by atoms with Gasteiger partial charge in [0.1, 0.15) is 0 Å². The molecule has 1 aromatic carbocycles. The Labute approximate surface area is 110 Å². The van der Waals surface area contributed by atoms with E-state index >= 15 is 0 Å². The number of aliphatic imine (C=N–C) groups is 2. The van der Waals surface area contributed by atoms with Gasteiger partial charge in [-0.25, -0.2) is 4.99 Å². The fourth-order valence-electron chi connectivity index (χ4n) is 1.98. The molecule has 1 aliphatic heterocycles. The Hall–Kier alpha value is -2.57. The molecule has 1 heterocycles. The van der Waals surface area contributed by atoms with Crippen LogP contribution >= 0.6 is 0 Å². The van der Waals surface area contributed by atoms with Crippen LogP contribution in [0.4, 0.5) is 5.69 Å². The summed E-state index contributed by atoms with van der Waals surface area (Å²) >= 11 is 0. The molecule has 1 fully saturated rings. The first-order valence-corrected chi connectivity index (χ1v) is 5.85. The molecule has 1 atom stereocenters. The van der Waals surface area contributed by atoms with Crippen LogP contribution in [0.2, 0.25) is 0 Å². The lowest BCUT2D eigenvalue weighted by molar-refractivity contribution is -0.119. The van der Waals surface area contributed by atoms with E-state index in [1.165, 1.54) is 0 Å². The van der Waals surface area contributed by atoms with Crippen LogP contribution in [0.3, 0.4) is 0 Å². The molecule has 0 spiro atoms. The normalized spacial score (nSPS) is 19.1. The smallest absolute Gasteiger partial charge is 0.223 e. The molecular weight excluding hydrogens is 244 g/mol. The van der Waals surface area contributed by atoms with Gasteiger partial charge in [0, 0.05) is 18.9 Å². The van der Waals surface area contributed by atoms with Crippen molar-refractivity contribution in [1.82, 2.24) is 5.32 Å². The zero-order valence-electron chi connectivity index (χ0n) is 10.3. The Morgan fingerprint density at radius 3 is 2.74 bits per heavy atom. The van der Waals surface area contributed by atoms with Crippen molar-refractivity contribution in [1.29, 1.82) is 0 Å². The van der Waals surface area contributed by atoms with E-state index in [-0.39, 0.29) is 23.7 Å². The third-order valence-electron chi connectivity index (χ3n) is 2.81. The molecule has 2 rings (SSSR count). The van der Waals surface area contributed by atoms with Crippen LogP contribution in [0.15, 0.2) is 34.3 Å². The number of hydrogen-bond donors (Lipinski definition) is 4. The van der Waals surface area contributed by atoms with Crippen molar-refractivity contribution in [2.45, 2.75) is 12.3 Å². The quantitative estimate of drug-likeness (QED) is 0.422. The zero-order valence-corrected chi connectivity index (χ0v) is 10.3. The first-order valence-electron chi connectivity index (χ1n) is 5.85. The molecule has 7 heteroatoms. The molecule has 7 nitrogen and oxygen atoms in total. The fourth-order valence-corrected chi connectivity index (χ4v) is 1.98. The minimum atomic E-state index is -0.136. The Bertz CT molecular complexity index is 547. The SMILES string of the molecule is NC(N)=NC(N)=Nc1cccc(C2CNC(=O)C2)c1. The Kier molecular flexibility index (Phi) is 3.65. The number of hydrogen-bond acceptors (Lipinski definition) is 2. The van der Waals surface area contributed by atoms with Crippen LogP contribution in [-0.2, 0) is 4.79 Å². The third-order valence-corrected chi connectivity index (χ3v) is 2.81. The average molecular weight is 260 g/mol. The molecule has 1 saturated heterocycles. The summed E-state index contributed by atoms with van der Waals surface area (Å²) in [6, 6.07) is 7.49. The molecule has 1 aliphatic rings. The van der Waals surface area contributed by atoms with Crippen LogP contribution in [0.5, 0.6) is 0 Å². The Morgan fingerprint density at radius 1 is 1.32 bits per heavy atom. The van der Waals surface area contributed by atoms with Crippen LogP contribution < -0.4 is 22.5 Å². The number of rotatable bonds is 2. The predicted octanol–water partition coefficient (Wildman–Crippen LogP) is -0.490. The van der Waals surface area contributed by atoms with Crippen molar-refractivity contribution in [2.24, 2.45) is 27.2 Å². The van der Waals surface area contributed by atoms with Crippen molar-refractivity contribution < 1.29 is 4.79 Å². The lowest BCUT2D eigenvalue weighted by atomic mass is 9.98. The molecule has 1 amide bonds. The van der Waals surface area contributed by atoms with Crippen LogP contribution in [0.1, 0.15) is 17.9 Å². The van der Waals surface area contributed by atoms with E-state index in [0.717, 1.165) is 5.56 Å². The second-order valence-electron chi connectivity index (χ2n) is 4.31. The molecule has 1 unspecified atom stereocenters. The first kappa shape index (κ1) is 12.9. The summed E-state index contributed by atoms with van der Waals surface area (Å²) in [5.74, 6) is 0.103. The summed E-state index contributed by atoms with van der Waals surface area (Å²) in [6.07, 6.45) is 0.497. The molecule has 0 bridgehead atoms. The standard InChI is InChI=1S/C12H16N6O/c13-11(14)18-12(15)17-9-3-1-2-7(4-9)8-5-10(19)16-6-8/h1-4,8H,5-6H2,(H,16,19)(H6,13,14,15,17,18). The number of nitrogens with two attached hydrogens (primary N) is 3. The van der Waals surface area contributed by atoms with Crippen LogP contribution in [0.25, 0.3) is 0 Å². The van der Waals surface area contributed by atoms with E-state index in [9.17, 15) is 4.79 Å². The van der Waals surface area contributed by atoms with Crippen LogP contribution in [0, 0.1) is 0 Å². The monoisotopic (exact) mass is 260 g/mol. The minimum absolute atomic E-state index is 0.00206. The van der Waals surface area contributed by atoms with Gasteiger partial charge in [0.2, 0.25) is 11.9 Å². The van der Waals surface area contributed by atoms with Crippen molar-refractivity contribution in [3.05, 3.63) is 29.8 Å². The maximum absolute atomic E-state index is 11.2. The second-order valence-corrected chi connectivity index (χ2v) is 4.31. The number of carbonyl (C=O) groups excluding carboxylic acids is 1. The van der Waals surface area contributed by atoms with E-state index in [0.29, 0.717) is 18.7 Å². The number of benzene rings is 1. The summed E-state index contributed by atoms with van der Waals surface area (Å²) < 4.78 is 0. The molecule has 100 valence electrons. The molecule has 0 aromatic heterocycles. The van der Waals surface area contributed by atoms with Gasteiger partial charge in [-0.05, 0) is 17.7 Å². The summed E-state index contributed by atoms with van der Waals surface area (Å²) in [7, 11) is 0. The summed E-state index contributed by atoms with van der Waals surface area (Å²) in [5, 5.41) is 2.80. The number of nitrogens with zero attached hydrogens (tertiary/aromatic N) is 2. The van der Waals surface area contributed by atoms with Gasteiger partial charge in [0.05, 0.1) is 5.69 Å². The van der Waals surface area contributed by atoms with Gasteiger partial charge in [-0.1, -0.05) is 12.1 Å². The lowest BCUT2D eigenvalue weighted by Gasteiger charge is -2.08. The molecule has 7 N–H and O–H groups in total. The minimum Gasteiger partial charge on any atom is -0.370 e. The molecule has 1 aromatic rings. The largest absolute Gasteiger partial charge is 0.370 e. The maximum Gasteiger partial charge on any atom is 0.223 e. The van der Waals surface area contributed by atoms with Crippen molar-refractivity contribution in [3.8, 4) is 0 Å². The van der Waals surface area contributed by atoms with Crippen molar-refractivity contribution in [3.63, 3.8) is 0 Å². The number of carbonyl (C=O) groups is 1. The van der Waals surface area contributed by atoms with Gasteiger partial charge >= 0.3 is 0 Å². The zero-order chi connectivity index (χ0) is 13.8. The molecule has 19 heavy (non-hydrogen) atoms. The highest BCUT2D eigenvalue weighted by Crippen LogP contribution is 2.26. The number of amides is 1. The van der Waals surface area contributed by atoms with Gasteiger partial charge in [0.25, 0.3) is 0 Å². The van der Waals surface area contributed by atoms with E-state index < -0.39 is 0 Å². The third kappa shape index (κ3) is 3.44. The summed E-state index contributed by atoms with van der Waals surface area (Å²) in [6.45, 7) is 0.648. The highest BCUT2D eigenvalue weighted by molar-refractivity contribution is 5.93. The lowest BCUT2D eigenvalue weighted by Crippen LogP contribution is -2.26. The topological polar surface area (TPSA) is 132 Å². The van der Waals surface area contributed by atoms with E-state index in [1.807, 2.05) is 18.2 Å². The van der Waals surface area contributed by atoms with Gasteiger partial charge in [0.15, 0.2) is 5.96 Å². The molecular formula is C12H16N6O. The van der Waals surface area contributed by atoms with E-state index in [4.69, 9.17) is 17.2 Å². The Morgan fingerprint density at radius 2 is 2.11 bits per heavy atom. The van der Waals surface area contributed by atoms with E-state index in [2.05, 4.69) is 15.3 Å². The van der Waals surface area contributed by atoms with Crippen molar-refractivity contribution >= 4 is 23.5 Å². The molecule has 0 saturated carbocycles. The fraction of sp³-hybridized carbons (Fsp3) is 0.250. The highest BCUT2D eigenvalue weighted by Gasteiger charge is 2.22. The maximum atomic E-state index is 11.2. The van der Waals surface area contributed by atoms with Gasteiger partial charge in [-0.15, -0.1) is 0 Å². The molecule has 0 aliphatic carbocycles. The Balaban J connectivity index is 2.20.